The van der Waals surface area contributed by atoms with Gasteiger partial charge in [-0.3, -0.25) is 9.59 Å². The molecule has 7 heteroatoms. The molecule has 5 rings (SSSR count). The summed E-state index contributed by atoms with van der Waals surface area (Å²) >= 11 is 0. The van der Waals surface area contributed by atoms with E-state index in [0.29, 0.717) is 32.0 Å². The summed E-state index contributed by atoms with van der Waals surface area (Å²) in [5.74, 6) is 0.632. The maximum atomic E-state index is 12.7. The standard InChI is InChI=1S/C29H30N2O5/c32-23-6-3-4-21(16-23)8-10-27(33)30-19-25-18-29(20-35-25)12-14-31(15-13-29)28(34)11-9-24-17-22-5-1-2-7-26(22)36-24/h1-11,16-17,25,32H,12-15,18-20H2,(H,30,33)/b10-8+,11-9+. The van der Waals surface area contributed by atoms with E-state index < -0.39 is 0 Å². The fourth-order valence-electron chi connectivity index (χ4n) is 4.99. The molecular weight excluding hydrogens is 456 g/mol. The molecule has 2 fully saturated rings. The molecule has 2 aliphatic heterocycles. The molecule has 1 atom stereocenters. The van der Waals surface area contributed by atoms with Crippen molar-refractivity contribution < 1.29 is 23.8 Å². The lowest BCUT2D eigenvalue weighted by atomic mass is 9.76. The van der Waals surface area contributed by atoms with Gasteiger partial charge in [0, 0.05) is 37.2 Å². The van der Waals surface area contributed by atoms with Crippen LogP contribution in [0.5, 0.6) is 5.75 Å². The van der Waals surface area contributed by atoms with Crippen molar-refractivity contribution in [2.45, 2.75) is 25.4 Å². The lowest BCUT2D eigenvalue weighted by Gasteiger charge is -2.38. The van der Waals surface area contributed by atoms with E-state index in [4.69, 9.17) is 9.15 Å². The minimum absolute atomic E-state index is 0.00782. The number of fused-ring (bicyclic) bond motifs is 1. The third kappa shape index (κ3) is 5.69. The zero-order chi connectivity index (χ0) is 25.0. The van der Waals surface area contributed by atoms with Gasteiger partial charge in [0.15, 0.2) is 0 Å². The van der Waals surface area contributed by atoms with Crippen molar-refractivity contribution in [3.63, 3.8) is 0 Å². The van der Waals surface area contributed by atoms with Crippen LogP contribution in [0.25, 0.3) is 23.1 Å². The minimum atomic E-state index is -0.195. The van der Waals surface area contributed by atoms with Crippen LogP contribution in [-0.2, 0) is 14.3 Å². The molecule has 0 radical (unpaired) electrons. The lowest BCUT2D eigenvalue weighted by molar-refractivity contribution is -0.128. The van der Waals surface area contributed by atoms with Gasteiger partial charge in [-0.15, -0.1) is 0 Å². The van der Waals surface area contributed by atoms with E-state index >= 15 is 0 Å². The summed E-state index contributed by atoms with van der Waals surface area (Å²) in [7, 11) is 0. The fourth-order valence-corrected chi connectivity index (χ4v) is 4.99. The van der Waals surface area contributed by atoms with E-state index in [9.17, 15) is 14.7 Å². The van der Waals surface area contributed by atoms with E-state index in [-0.39, 0.29) is 29.1 Å². The second kappa shape index (κ2) is 10.4. The van der Waals surface area contributed by atoms with Crippen molar-refractivity contribution in [3.05, 3.63) is 78.1 Å². The van der Waals surface area contributed by atoms with Gasteiger partial charge in [-0.2, -0.15) is 0 Å². The summed E-state index contributed by atoms with van der Waals surface area (Å²) < 4.78 is 11.8. The van der Waals surface area contributed by atoms with Crippen LogP contribution in [0.4, 0.5) is 0 Å². The van der Waals surface area contributed by atoms with Gasteiger partial charge in [-0.05, 0) is 66.7 Å². The molecule has 2 saturated heterocycles. The summed E-state index contributed by atoms with van der Waals surface area (Å²) in [5, 5.41) is 13.4. The quantitative estimate of drug-likeness (QED) is 0.505. The Morgan fingerprint density at radius 2 is 1.89 bits per heavy atom. The Labute approximate surface area is 210 Å². The molecule has 2 aromatic carbocycles. The predicted octanol–water partition coefficient (Wildman–Crippen LogP) is 4.38. The van der Waals surface area contributed by atoms with Crippen LogP contribution in [0.1, 0.15) is 30.6 Å². The highest BCUT2D eigenvalue weighted by atomic mass is 16.5. The summed E-state index contributed by atoms with van der Waals surface area (Å²) in [6.45, 7) is 2.49. The van der Waals surface area contributed by atoms with E-state index in [1.165, 1.54) is 6.08 Å². The maximum absolute atomic E-state index is 12.7. The molecule has 36 heavy (non-hydrogen) atoms. The molecule has 7 nitrogen and oxygen atoms in total. The fraction of sp³-hybridized carbons (Fsp3) is 0.310. The second-order valence-corrected chi connectivity index (χ2v) is 9.66. The Kier molecular flexibility index (Phi) is 6.91. The molecular formula is C29H30N2O5. The number of carbonyl (C=O) groups excluding carboxylic acids is 2. The Hall–Kier alpha value is -3.84. The highest BCUT2D eigenvalue weighted by Gasteiger charge is 2.42. The van der Waals surface area contributed by atoms with Crippen LogP contribution >= 0.6 is 0 Å². The molecule has 0 aliphatic carbocycles. The molecule has 2 aliphatic rings. The van der Waals surface area contributed by atoms with Crippen LogP contribution in [0.2, 0.25) is 0 Å². The number of hydrogen-bond acceptors (Lipinski definition) is 5. The summed E-state index contributed by atoms with van der Waals surface area (Å²) in [6.07, 6.45) is 9.07. The predicted molar refractivity (Wildman–Crippen MR) is 138 cm³/mol. The van der Waals surface area contributed by atoms with E-state index in [1.54, 1.807) is 36.4 Å². The normalized spacial score (nSPS) is 19.6. The number of phenolic OH excluding ortho intramolecular Hbond substituents is 1. The van der Waals surface area contributed by atoms with Crippen LogP contribution in [-0.4, -0.2) is 54.2 Å². The number of nitrogens with one attached hydrogen (secondary N) is 1. The number of amides is 2. The van der Waals surface area contributed by atoms with Gasteiger partial charge < -0.3 is 24.5 Å². The molecule has 2 amide bonds. The Morgan fingerprint density at radius 1 is 1.06 bits per heavy atom. The Morgan fingerprint density at radius 3 is 2.69 bits per heavy atom. The molecule has 186 valence electrons. The van der Waals surface area contributed by atoms with Crippen molar-refractivity contribution >= 4 is 34.9 Å². The smallest absolute Gasteiger partial charge is 0.246 e. The summed E-state index contributed by atoms with van der Waals surface area (Å²) in [6, 6.07) is 16.4. The van der Waals surface area contributed by atoms with Gasteiger partial charge in [-0.25, -0.2) is 0 Å². The number of carbonyl (C=O) groups is 2. The number of benzene rings is 2. The van der Waals surface area contributed by atoms with Crippen LogP contribution in [0.3, 0.4) is 0 Å². The number of rotatable bonds is 6. The highest BCUT2D eigenvalue weighted by Crippen LogP contribution is 2.41. The van der Waals surface area contributed by atoms with Crippen molar-refractivity contribution in [2.75, 3.05) is 26.2 Å². The molecule has 1 spiro atoms. The number of likely N-dealkylation sites (tertiary alicyclic amines) is 1. The van der Waals surface area contributed by atoms with Gasteiger partial charge in [0.25, 0.3) is 0 Å². The molecule has 3 heterocycles. The topological polar surface area (TPSA) is 92.0 Å². The monoisotopic (exact) mass is 486 g/mol. The average Bonchev–Trinajstić information content (AvgIpc) is 3.49. The number of furan rings is 1. The Balaban J connectivity index is 1.06. The molecule has 0 bridgehead atoms. The van der Waals surface area contributed by atoms with Gasteiger partial charge in [0.1, 0.15) is 17.1 Å². The van der Waals surface area contributed by atoms with Crippen molar-refractivity contribution in [2.24, 2.45) is 5.41 Å². The van der Waals surface area contributed by atoms with E-state index in [0.717, 1.165) is 35.8 Å². The van der Waals surface area contributed by atoms with Crippen molar-refractivity contribution in [1.29, 1.82) is 0 Å². The van der Waals surface area contributed by atoms with Crippen LogP contribution in [0.15, 0.2) is 71.2 Å². The number of ether oxygens (including phenoxy) is 1. The SMILES string of the molecule is O=C(/C=C/c1cccc(O)c1)NCC1CC2(CCN(C(=O)/C=C/c3cc4ccccc4o3)CC2)CO1. The lowest BCUT2D eigenvalue weighted by Crippen LogP contribution is -2.43. The van der Waals surface area contributed by atoms with Crippen LogP contribution < -0.4 is 5.32 Å². The first-order valence-electron chi connectivity index (χ1n) is 12.3. The van der Waals surface area contributed by atoms with Gasteiger partial charge >= 0.3 is 0 Å². The highest BCUT2D eigenvalue weighted by molar-refractivity contribution is 5.92. The summed E-state index contributed by atoms with van der Waals surface area (Å²) in [4.78, 5) is 26.8. The second-order valence-electron chi connectivity index (χ2n) is 9.66. The first kappa shape index (κ1) is 23.9. The molecule has 3 aromatic rings. The van der Waals surface area contributed by atoms with Crippen molar-refractivity contribution in [3.8, 4) is 5.75 Å². The third-order valence-corrected chi connectivity index (χ3v) is 7.06. The number of nitrogens with zero attached hydrogens (tertiary/aromatic N) is 1. The zero-order valence-electron chi connectivity index (χ0n) is 20.1. The third-order valence-electron chi connectivity index (χ3n) is 7.06. The average molecular weight is 487 g/mol. The first-order valence-corrected chi connectivity index (χ1v) is 12.3. The van der Waals surface area contributed by atoms with E-state index in [1.807, 2.05) is 41.3 Å². The molecule has 0 saturated carbocycles. The van der Waals surface area contributed by atoms with Crippen LogP contribution in [0, 0.1) is 5.41 Å². The van der Waals surface area contributed by atoms with Gasteiger partial charge in [0.2, 0.25) is 11.8 Å². The zero-order valence-corrected chi connectivity index (χ0v) is 20.1. The first-order chi connectivity index (χ1) is 17.5. The maximum Gasteiger partial charge on any atom is 0.246 e. The Bertz CT molecular complexity index is 1270. The molecule has 1 aromatic heterocycles. The largest absolute Gasteiger partial charge is 0.508 e. The number of phenols is 1. The number of hydrogen-bond donors (Lipinski definition) is 2. The summed E-state index contributed by atoms with van der Waals surface area (Å²) in [5.41, 5.74) is 1.63. The van der Waals surface area contributed by atoms with Crippen molar-refractivity contribution in [1.82, 2.24) is 10.2 Å². The van der Waals surface area contributed by atoms with Gasteiger partial charge in [-0.1, -0.05) is 30.3 Å². The molecule has 2 N–H and O–H groups in total. The van der Waals surface area contributed by atoms with E-state index in [2.05, 4.69) is 5.32 Å². The number of aromatic hydroxyl groups is 1. The van der Waals surface area contributed by atoms with Gasteiger partial charge in [0.05, 0.1) is 12.7 Å². The minimum Gasteiger partial charge on any atom is -0.508 e. The molecule has 1 unspecified atom stereocenters. The number of para-hydroxylation sites is 1. The number of piperidine rings is 1.